The summed E-state index contributed by atoms with van der Waals surface area (Å²) in [4.78, 5) is 14.1. The maximum atomic E-state index is 11.8. The van der Waals surface area contributed by atoms with Gasteiger partial charge in [-0.25, -0.2) is 5.43 Å². The number of aryl methyl sites for hydroxylation is 1. The van der Waals surface area contributed by atoms with Crippen LogP contribution in [0.4, 0.5) is 5.69 Å². The number of carbonyl (C=O) groups excluding carboxylic acids is 1. The van der Waals surface area contributed by atoms with Crippen molar-refractivity contribution in [2.45, 2.75) is 6.92 Å². The van der Waals surface area contributed by atoms with E-state index in [0.29, 0.717) is 5.75 Å². The van der Waals surface area contributed by atoms with E-state index in [0.717, 1.165) is 41.9 Å². The molecule has 1 aliphatic heterocycles. The molecule has 2 aromatic carbocycles. The van der Waals surface area contributed by atoms with E-state index in [1.165, 1.54) is 5.69 Å². The summed E-state index contributed by atoms with van der Waals surface area (Å²) in [5, 5.41) is 4.03. The summed E-state index contributed by atoms with van der Waals surface area (Å²) < 4.78 is 11.8. The number of nitrogens with one attached hydrogen (secondary N) is 1. The number of anilines is 1. The number of halogens is 1. The number of benzene rings is 2. The van der Waals surface area contributed by atoms with Crippen LogP contribution in [0, 0.1) is 6.92 Å². The van der Waals surface area contributed by atoms with Crippen LogP contribution in [-0.4, -0.2) is 45.0 Å². The molecule has 0 spiro atoms. The maximum absolute atomic E-state index is 11.8. The lowest BCUT2D eigenvalue weighted by Gasteiger charge is -2.29. The lowest BCUT2D eigenvalue weighted by atomic mass is 10.1. The normalized spacial score (nSPS) is 14.4. The van der Waals surface area contributed by atoms with Gasteiger partial charge in [0.05, 0.1) is 19.4 Å². The molecule has 1 heterocycles. The molecular formula is C20H22BrN3O3. The van der Waals surface area contributed by atoms with Gasteiger partial charge in [0, 0.05) is 23.2 Å². The van der Waals surface area contributed by atoms with Crippen LogP contribution in [-0.2, 0) is 9.53 Å². The molecule has 1 saturated heterocycles. The summed E-state index contributed by atoms with van der Waals surface area (Å²) in [6.07, 6.45) is 1.65. The highest BCUT2D eigenvalue weighted by molar-refractivity contribution is 9.10. The number of ether oxygens (including phenoxy) is 2. The first-order valence-electron chi connectivity index (χ1n) is 8.75. The summed E-state index contributed by atoms with van der Waals surface area (Å²) in [5.74, 6) is 0.323. The zero-order chi connectivity index (χ0) is 19.1. The second-order valence-corrected chi connectivity index (χ2v) is 7.09. The average molecular weight is 432 g/mol. The van der Waals surface area contributed by atoms with Crippen LogP contribution in [0.25, 0.3) is 0 Å². The van der Waals surface area contributed by atoms with E-state index in [9.17, 15) is 4.79 Å². The van der Waals surface area contributed by atoms with Gasteiger partial charge in [-0.3, -0.25) is 4.79 Å². The fourth-order valence-corrected chi connectivity index (χ4v) is 2.97. The van der Waals surface area contributed by atoms with E-state index in [-0.39, 0.29) is 12.5 Å². The predicted octanol–water partition coefficient (Wildman–Crippen LogP) is 3.12. The standard InChI is InChI=1S/C20H22BrN3O3/c1-15-12-18(24-8-10-26-11-9-24)5-2-16(15)13-22-23-20(25)14-27-19-6-3-17(21)4-7-19/h2-7,12-13H,8-11,14H2,1H3,(H,23,25)/b22-13-. The maximum Gasteiger partial charge on any atom is 0.277 e. The second-order valence-electron chi connectivity index (χ2n) is 6.18. The first-order chi connectivity index (χ1) is 13.1. The van der Waals surface area contributed by atoms with Crippen LogP contribution in [0.5, 0.6) is 5.75 Å². The van der Waals surface area contributed by atoms with Crippen LogP contribution in [0.2, 0.25) is 0 Å². The van der Waals surface area contributed by atoms with Crippen molar-refractivity contribution in [1.82, 2.24) is 5.43 Å². The molecule has 142 valence electrons. The minimum atomic E-state index is -0.309. The fraction of sp³-hybridized carbons (Fsp3) is 0.300. The van der Waals surface area contributed by atoms with Crippen LogP contribution in [0.3, 0.4) is 0 Å². The van der Waals surface area contributed by atoms with Gasteiger partial charge in [0.25, 0.3) is 5.91 Å². The number of rotatable bonds is 6. The van der Waals surface area contributed by atoms with Gasteiger partial charge in [0.15, 0.2) is 6.61 Å². The van der Waals surface area contributed by atoms with E-state index >= 15 is 0 Å². The largest absolute Gasteiger partial charge is 0.484 e. The Kier molecular flexibility index (Phi) is 6.84. The summed E-state index contributed by atoms with van der Waals surface area (Å²) in [6, 6.07) is 13.5. The third-order valence-electron chi connectivity index (χ3n) is 4.21. The van der Waals surface area contributed by atoms with Crippen molar-refractivity contribution in [2.24, 2.45) is 5.10 Å². The Bertz CT molecular complexity index is 803. The van der Waals surface area contributed by atoms with Crippen molar-refractivity contribution in [1.29, 1.82) is 0 Å². The van der Waals surface area contributed by atoms with Crippen LogP contribution >= 0.6 is 15.9 Å². The molecule has 1 aliphatic rings. The van der Waals surface area contributed by atoms with Gasteiger partial charge in [-0.2, -0.15) is 5.10 Å². The first-order valence-corrected chi connectivity index (χ1v) is 9.55. The molecular weight excluding hydrogens is 410 g/mol. The number of hydrazone groups is 1. The number of nitrogens with zero attached hydrogens (tertiary/aromatic N) is 2. The highest BCUT2D eigenvalue weighted by Gasteiger charge is 2.11. The lowest BCUT2D eigenvalue weighted by molar-refractivity contribution is -0.123. The SMILES string of the molecule is Cc1cc(N2CCOCC2)ccc1/C=N\NC(=O)COc1ccc(Br)cc1. The number of hydrogen-bond donors (Lipinski definition) is 1. The van der Waals surface area contributed by atoms with Gasteiger partial charge in [-0.15, -0.1) is 0 Å². The lowest BCUT2D eigenvalue weighted by Crippen LogP contribution is -2.36. The molecule has 3 rings (SSSR count). The molecule has 0 saturated carbocycles. The fourth-order valence-electron chi connectivity index (χ4n) is 2.71. The zero-order valence-corrected chi connectivity index (χ0v) is 16.7. The molecule has 0 atom stereocenters. The van der Waals surface area contributed by atoms with E-state index in [1.807, 2.05) is 25.1 Å². The minimum Gasteiger partial charge on any atom is -0.484 e. The minimum absolute atomic E-state index is 0.0894. The van der Waals surface area contributed by atoms with Crippen molar-refractivity contribution >= 4 is 33.7 Å². The number of amides is 1. The Hall–Kier alpha value is -2.38. The number of carbonyl (C=O) groups is 1. The predicted molar refractivity (Wildman–Crippen MR) is 110 cm³/mol. The molecule has 6 nitrogen and oxygen atoms in total. The molecule has 27 heavy (non-hydrogen) atoms. The van der Waals surface area contributed by atoms with Gasteiger partial charge in [-0.1, -0.05) is 22.0 Å². The molecule has 0 radical (unpaired) electrons. The molecule has 7 heteroatoms. The molecule has 0 aromatic heterocycles. The van der Waals surface area contributed by atoms with E-state index < -0.39 is 0 Å². The van der Waals surface area contributed by atoms with Crippen molar-refractivity contribution in [3.05, 3.63) is 58.1 Å². The highest BCUT2D eigenvalue weighted by Crippen LogP contribution is 2.19. The smallest absolute Gasteiger partial charge is 0.277 e. The molecule has 1 N–H and O–H groups in total. The summed E-state index contributed by atoms with van der Waals surface area (Å²) in [7, 11) is 0. The summed E-state index contributed by atoms with van der Waals surface area (Å²) in [6.45, 7) is 5.27. The van der Waals surface area contributed by atoms with E-state index in [2.05, 4.69) is 43.5 Å². The van der Waals surface area contributed by atoms with Crippen molar-refractivity contribution in [3.63, 3.8) is 0 Å². The molecule has 0 unspecified atom stereocenters. The van der Waals surface area contributed by atoms with Crippen molar-refractivity contribution < 1.29 is 14.3 Å². The summed E-state index contributed by atoms with van der Waals surface area (Å²) in [5.41, 5.74) is 5.73. The van der Waals surface area contributed by atoms with E-state index in [1.54, 1.807) is 18.3 Å². The van der Waals surface area contributed by atoms with Crippen molar-refractivity contribution in [3.8, 4) is 5.75 Å². The molecule has 2 aromatic rings. The topological polar surface area (TPSA) is 63.2 Å². The van der Waals surface area contributed by atoms with Gasteiger partial charge in [-0.05, 0) is 54.4 Å². The molecule has 0 bridgehead atoms. The second kappa shape index (κ2) is 9.53. The van der Waals surface area contributed by atoms with E-state index in [4.69, 9.17) is 9.47 Å². The Balaban J connectivity index is 1.49. The Morgan fingerprint density at radius 1 is 1.26 bits per heavy atom. The quantitative estimate of drug-likeness (QED) is 0.563. The average Bonchev–Trinajstić information content (AvgIpc) is 2.69. The van der Waals surface area contributed by atoms with Gasteiger partial charge in [0.1, 0.15) is 5.75 Å². The third-order valence-corrected chi connectivity index (χ3v) is 4.73. The Labute approximate surface area is 167 Å². The molecule has 0 aliphatic carbocycles. The first kappa shape index (κ1) is 19.4. The van der Waals surface area contributed by atoms with Gasteiger partial charge >= 0.3 is 0 Å². The van der Waals surface area contributed by atoms with Crippen LogP contribution in [0.1, 0.15) is 11.1 Å². The highest BCUT2D eigenvalue weighted by atomic mass is 79.9. The summed E-state index contributed by atoms with van der Waals surface area (Å²) >= 11 is 3.35. The Morgan fingerprint density at radius 2 is 2.00 bits per heavy atom. The number of hydrogen-bond acceptors (Lipinski definition) is 5. The van der Waals surface area contributed by atoms with Crippen molar-refractivity contribution in [2.75, 3.05) is 37.8 Å². The number of morpholine rings is 1. The van der Waals surface area contributed by atoms with Crippen LogP contribution < -0.4 is 15.1 Å². The molecule has 1 fully saturated rings. The third kappa shape index (κ3) is 5.80. The van der Waals surface area contributed by atoms with Crippen LogP contribution in [0.15, 0.2) is 52.0 Å². The zero-order valence-electron chi connectivity index (χ0n) is 15.2. The van der Waals surface area contributed by atoms with Gasteiger partial charge < -0.3 is 14.4 Å². The molecule has 1 amide bonds. The van der Waals surface area contributed by atoms with Gasteiger partial charge in [0.2, 0.25) is 0 Å². The monoisotopic (exact) mass is 431 g/mol. The Morgan fingerprint density at radius 3 is 2.70 bits per heavy atom.